The zero-order valence-corrected chi connectivity index (χ0v) is 13.4. The van der Waals surface area contributed by atoms with Crippen molar-refractivity contribution in [1.29, 1.82) is 0 Å². The molecule has 114 valence electrons. The number of aromatic nitrogens is 1. The molecule has 1 saturated heterocycles. The first-order valence-corrected chi connectivity index (χ1v) is 9.40. The van der Waals surface area contributed by atoms with E-state index < -0.39 is 0 Å². The largest absolute Gasteiger partial charge is 0.333 e. The van der Waals surface area contributed by atoms with Crippen LogP contribution in [0.25, 0.3) is 0 Å². The van der Waals surface area contributed by atoms with Gasteiger partial charge in [0.15, 0.2) is 0 Å². The smallest absolute Gasteiger partial charge is 0.223 e. The molecule has 21 heavy (non-hydrogen) atoms. The molecule has 1 aromatic rings. The minimum Gasteiger partial charge on any atom is -0.333 e. The molecule has 4 rings (SSSR count). The summed E-state index contributed by atoms with van der Waals surface area (Å²) in [7, 11) is 0. The molecule has 3 aliphatic rings. The van der Waals surface area contributed by atoms with E-state index in [1.165, 1.54) is 32.1 Å². The minimum atomic E-state index is 0.255. The second-order valence-electron chi connectivity index (χ2n) is 7.01. The molecule has 2 saturated carbocycles. The Morgan fingerprint density at radius 2 is 2.00 bits per heavy atom. The van der Waals surface area contributed by atoms with Crippen LogP contribution in [-0.2, 0) is 4.79 Å². The van der Waals surface area contributed by atoms with E-state index in [1.54, 1.807) is 11.3 Å². The van der Waals surface area contributed by atoms with Crippen molar-refractivity contribution in [2.24, 2.45) is 17.8 Å². The maximum absolute atomic E-state index is 12.9. The summed E-state index contributed by atoms with van der Waals surface area (Å²) in [5.41, 5.74) is 0. The maximum atomic E-state index is 12.9. The fraction of sp³-hybridized carbons (Fsp3) is 0.765. The molecule has 0 radical (unpaired) electrons. The van der Waals surface area contributed by atoms with Crippen molar-refractivity contribution >= 4 is 17.2 Å². The molecular formula is C17H24N2OS. The highest BCUT2D eigenvalue weighted by Crippen LogP contribution is 2.51. The molecule has 1 aromatic heterocycles. The second-order valence-corrected chi connectivity index (χ2v) is 7.94. The van der Waals surface area contributed by atoms with Gasteiger partial charge < -0.3 is 4.90 Å². The molecule has 0 aromatic carbocycles. The number of rotatable bonds is 5. The van der Waals surface area contributed by atoms with Gasteiger partial charge in [0, 0.05) is 24.5 Å². The SMILES string of the molecule is O=C(CC(C1CC1)C1CC1)N1CCCC[C@H]1c1nccs1. The van der Waals surface area contributed by atoms with Crippen LogP contribution in [0, 0.1) is 17.8 Å². The van der Waals surface area contributed by atoms with Gasteiger partial charge in [0.25, 0.3) is 0 Å². The molecule has 1 aliphatic heterocycles. The Morgan fingerprint density at radius 3 is 2.62 bits per heavy atom. The van der Waals surface area contributed by atoms with Crippen molar-refractivity contribution in [3.63, 3.8) is 0 Å². The predicted octanol–water partition coefficient (Wildman–Crippen LogP) is 4.02. The van der Waals surface area contributed by atoms with E-state index in [2.05, 4.69) is 9.88 Å². The number of likely N-dealkylation sites (tertiary alicyclic amines) is 1. The molecule has 0 unspecified atom stereocenters. The van der Waals surface area contributed by atoms with Gasteiger partial charge in [-0.1, -0.05) is 0 Å². The molecule has 3 nitrogen and oxygen atoms in total. The van der Waals surface area contributed by atoms with Crippen LogP contribution >= 0.6 is 11.3 Å². The van der Waals surface area contributed by atoms with Crippen LogP contribution < -0.4 is 0 Å². The van der Waals surface area contributed by atoms with Crippen LogP contribution in [0.15, 0.2) is 11.6 Å². The first-order chi connectivity index (χ1) is 10.3. The number of piperidine rings is 1. The summed E-state index contributed by atoms with van der Waals surface area (Å²) >= 11 is 1.70. The van der Waals surface area contributed by atoms with Crippen molar-refractivity contribution in [3.05, 3.63) is 16.6 Å². The maximum Gasteiger partial charge on any atom is 0.223 e. The second kappa shape index (κ2) is 5.71. The predicted molar refractivity (Wildman–Crippen MR) is 84.0 cm³/mol. The lowest BCUT2D eigenvalue weighted by atomic mass is 9.92. The molecule has 2 aliphatic carbocycles. The van der Waals surface area contributed by atoms with E-state index in [1.807, 2.05) is 11.6 Å². The van der Waals surface area contributed by atoms with Gasteiger partial charge in [0.05, 0.1) is 6.04 Å². The minimum absolute atomic E-state index is 0.255. The summed E-state index contributed by atoms with van der Waals surface area (Å²) in [6.45, 7) is 0.936. The Balaban J connectivity index is 1.46. The van der Waals surface area contributed by atoms with E-state index in [9.17, 15) is 4.79 Å². The van der Waals surface area contributed by atoms with Crippen LogP contribution in [0.4, 0.5) is 0 Å². The Bertz CT molecular complexity index is 481. The van der Waals surface area contributed by atoms with Crippen LogP contribution in [0.5, 0.6) is 0 Å². The lowest BCUT2D eigenvalue weighted by Gasteiger charge is -2.35. The quantitative estimate of drug-likeness (QED) is 0.823. The first-order valence-electron chi connectivity index (χ1n) is 8.52. The van der Waals surface area contributed by atoms with Gasteiger partial charge >= 0.3 is 0 Å². The van der Waals surface area contributed by atoms with Crippen molar-refractivity contribution in [2.45, 2.75) is 57.4 Å². The van der Waals surface area contributed by atoms with Crippen molar-refractivity contribution in [3.8, 4) is 0 Å². The number of amides is 1. The number of carbonyl (C=O) groups excluding carboxylic acids is 1. The third-order valence-corrected chi connectivity index (χ3v) is 6.30. The third-order valence-electron chi connectivity index (χ3n) is 5.42. The summed E-state index contributed by atoms with van der Waals surface area (Å²) < 4.78 is 0. The van der Waals surface area contributed by atoms with Crippen LogP contribution in [0.3, 0.4) is 0 Å². The summed E-state index contributed by atoms with van der Waals surface area (Å²) in [6.07, 6.45) is 11.6. The molecule has 3 fully saturated rings. The fourth-order valence-corrected chi connectivity index (χ4v) is 4.76. The van der Waals surface area contributed by atoms with Gasteiger partial charge in [0.2, 0.25) is 5.91 Å². The first kappa shape index (κ1) is 13.7. The molecule has 2 heterocycles. The normalized spacial score (nSPS) is 26.3. The van der Waals surface area contributed by atoms with Gasteiger partial charge in [-0.3, -0.25) is 4.79 Å². The Hall–Kier alpha value is -0.900. The lowest BCUT2D eigenvalue weighted by Crippen LogP contribution is -2.39. The van der Waals surface area contributed by atoms with E-state index in [4.69, 9.17) is 0 Å². The average Bonchev–Trinajstić information content (AvgIpc) is 3.44. The molecule has 0 spiro atoms. The van der Waals surface area contributed by atoms with Crippen LogP contribution in [-0.4, -0.2) is 22.3 Å². The molecule has 4 heteroatoms. The Labute approximate surface area is 130 Å². The van der Waals surface area contributed by atoms with Crippen LogP contribution in [0.2, 0.25) is 0 Å². The van der Waals surface area contributed by atoms with E-state index in [-0.39, 0.29) is 6.04 Å². The summed E-state index contributed by atoms with van der Waals surface area (Å²) in [5.74, 6) is 2.82. The summed E-state index contributed by atoms with van der Waals surface area (Å²) in [6, 6.07) is 0.255. The Kier molecular flexibility index (Phi) is 3.74. The summed E-state index contributed by atoms with van der Waals surface area (Å²) in [4.78, 5) is 19.5. The number of thiazole rings is 1. The zero-order chi connectivity index (χ0) is 14.2. The van der Waals surface area contributed by atoms with E-state index in [0.29, 0.717) is 11.8 Å². The number of hydrogen-bond acceptors (Lipinski definition) is 3. The number of nitrogens with zero attached hydrogens (tertiary/aromatic N) is 2. The van der Waals surface area contributed by atoms with Crippen molar-refractivity contribution in [2.75, 3.05) is 6.54 Å². The zero-order valence-electron chi connectivity index (χ0n) is 12.5. The van der Waals surface area contributed by atoms with Gasteiger partial charge in [-0.15, -0.1) is 11.3 Å². The third kappa shape index (κ3) is 3.01. The number of carbonyl (C=O) groups is 1. The monoisotopic (exact) mass is 304 g/mol. The highest BCUT2D eigenvalue weighted by Gasteiger charge is 2.43. The molecule has 1 amide bonds. The highest BCUT2D eigenvalue weighted by molar-refractivity contribution is 7.09. The van der Waals surface area contributed by atoms with Crippen LogP contribution in [0.1, 0.15) is 62.4 Å². The average molecular weight is 304 g/mol. The highest BCUT2D eigenvalue weighted by atomic mass is 32.1. The van der Waals surface area contributed by atoms with Crippen molar-refractivity contribution in [1.82, 2.24) is 9.88 Å². The lowest BCUT2D eigenvalue weighted by molar-refractivity contribution is -0.136. The van der Waals surface area contributed by atoms with Crippen molar-refractivity contribution < 1.29 is 4.79 Å². The number of hydrogen-bond donors (Lipinski definition) is 0. The molecular weight excluding hydrogens is 280 g/mol. The van der Waals surface area contributed by atoms with E-state index in [0.717, 1.165) is 42.7 Å². The van der Waals surface area contributed by atoms with Gasteiger partial charge in [0.1, 0.15) is 5.01 Å². The molecule has 0 N–H and O–H groups in total. The molecule has 0 bridgehead atoms. The fourth-order valence-electron chi connectivity index (χ4n) is 3.97. The van der Waals surface area contributed by atoms with Gasteiger partial charge in [-0.25, -0.2) is 4.98 Å². The molecule has 1 atom stereocenters. The van der Waals surface area contributed by atoms with E-state index >= 15 is 0 Å². The standard InChI is InChI=1S/C17H24N2OS/c20-16(11-14(12-4-5-12)13-6-7-13)19-9-2-1-3-15(19)17-18-8-10-21-17/h8,10,12-15H,1-7,9,11H2/t15-/m0/s1. The van der Waals surface area contributed by atoms with Gasteiger partial charge in [-0.2, -0.15) is 0 Å². The van der Waals surface area contributed by atoms with Gasteiger partial charge in [-0.05, 0) is 62.7 Å². The summed E-state index contributed by atoms with van der Waals surface area (Å²) in [5, 5.41) is 3.17. The topological polar surface area (TPSA) is 33.2 Å². The Morgan fingerprint density at radius 1 is 1.24 bits per heavy atom.